The molecule has 0 bridgehead atoms. The molecule has 1 heterocycles. The lowest BCUT2D eigenvalue weighted by molar-refractivity contribution is -0.384. The van der Waals surface area contributed by atoms with Gasteiger partial charge in [0.15, 0.2) is 0 Å². The maximum absolute atomic E-state index is 12.7. The van der Waals surface area contributed by atoms with Gasteiger partial charge in [0.25, 0.3) is 11.6 Å². The van der Waals surface area contributed by atoms with Gasteiger partial charge in [0, 0.05) is 34.8 Å². The standard InChI is InChI=1S/C22H27N3O4/c1-21(2)13-16(14-22(3,4)24-21)23-20(26)15-5-9-18(10-6-15)29-19-11-7-17(8-12-19)25(27)28/h5-12,16,24H,13-14H2,1-4H3,(H,23,26). The second-order valence-corrected chi connectivity index (χ2v) is 8.85. The van der Waals surface area contributed by atoms with Gasteiger partial charge < -0.3 is 15.4 Å². The monoisotopic (exact) mass is 397 g/mol. The van der Waals surface area contributed by atoms with Gasteiger partial charge in [-0.3, -0.25) is 14.9 Å². The van der Waals surface area contributed by atoms with Gasteiger partial charge in [0.2, 0.25) is 0 Å². The van der Waals surface area contributed by atoms with Crippen LogP contribution in [0, 0.1) is 10.1 Å². The Morgan fingerprint density at radius 3 is 1.97 bits per heavy atom. The molecular weight excluding hydrogens is 370 g/mol. The van der Waals surface area contributed by atoms with Crippen molar-refractivity contribution in [3.05, 3.63) is 64.2 Å². The van der Waals surface area contributed by atoms with E-state index in [1.54, 1.807) is 36.4 Å². The molecule has 0 aromatic heterocycles. The number of carbonyl (C=O) groups is 1. The fourth-order valence-corrected chi connectivity index (χ4v) is 4.14. The second-order valence-electron chi connectivity index (χ2n) is 8.85. The van der Waals surface area contributed by atoms with Gasteiger partial charge in [-0.05, 0) is 76.9 Å². The fraction of sp³-hybridized carbons (Fsp3) is 0.409. The van der Waals surface area contributed by atoms with Crippen LogP contribution >= 0.6 is 0 Å². The van der Waals surface area contributed by atoms with Crippen molar-refractivity contribution in [1.29, 1.82) is 0 Å². The average Bonchev–Trinajstić information content (AvgIpc) is 2.60. The first-order valence-electron chi connectivity index (χ1n) is 9.66. The third kappa shape index (κ3) is 5.54. The fourth-order valence-electron chi connectivity index (χ4n) is 4.14. The van der Waals surface area contributed by atoms with Crippen molar-refractivity contribution >= 4 is 11.6 Å². The highest BCUT2D eigenvalue weighted by molar-refractivity contribution is 5.94. The van der Waals surface area contributed by atoms with Crippen LogP contribution < -0.4 is 15.4 Å². The number of hydrogen-bond acceptors (Lipinski definition) is 5. The molecule has 1 saturated heterocycles. The molecule has 154 valence electrons. The minimum atomic E-state index is -0.457. The van der Waals surface area contributed by atoms with Crippen LogP contribution in [0.3, 0.4) is 0 Å². The van der Waals surface area contributed by atoms with Crippen LogP contribution in [0.25, 0.3) is 0 Å². The number of carbonyl (C=O) groups excluding carboxylic acids is 1. The normalized spacial score (nSPS) is 18.1. The van der Waals surface area contributed by atoms with Crippen LogP contribution in [-0.2, 0) is 0 Å². The zero-order valence-electron chi connectivity index (χ0n) is 17.2. The van der Waals surface area contributed by atoms with E-state index in [9.17, 15) is 14.9 Å². The lowest BCUT2D eigenvalue weighted by Gasteiger charge is -2.46. The van der Waals surface area contributed by atoms with E-state index in [2.05, 4.69) is 38.3 Å². The highest BCUT2D eigenvalue weighted by Crippen LogP contribution is 2.29. The molecule has 0 atom stereocenters. The lowest BCUT2D eigenvalue weighted by Crippen LogP contribution is -2.62. The Labute approximate surface area is 170 Å². The summed E-state index contributed by atoms with van der Waals surface area (Å²) in [5, 5.41) is 17.5. The Balaban J connectivity index is 1.62. The number of piperidine rings is 1. The minimum Gasteiger partial charge on any atom is -0.457 e. The largest absolute Gasteiger partial charge is 0.457 e. The molecule has 2 N–H and O–H groups in total. The molecule has 0 saturated carbocycles. The van der Waals surface area contributed by atoms with Gasteiger partial charge in [-0.25, -0.2) is 0 Å². The Bertz CT molecular complexity index is 873. The number of nitro groups is 1. The first-order valence-corrected chi connectivity index (χ1v) is 9.66. The van der Waals surface area contributed by atoms with Crippen molar-refractivity contribution < 1.29 is 14.5 Å². The highest BCUT2D eigenvalue weighted by Gasteiger charge is 2.38. The van der Waals surface area contributed by atoms with E-state index < -0.39 is 4.92 Å². The van der Waals surface area contributed by atoms with Crippen molar-refractivity contribution in [2.45, 2.75) is 57.7 Å². The van der Waals surface area contributed by atoms with Crippen molar-refractivity contribution in [2.24, 2.45) is 0 Å². The van der Waals surface area contributed by atoms with Gasteiger partial charge in [-0.1, -0.05) is 0 Å². The molecule has 2 aromatic rings. The number of non-ortho nitro benzene ring substituents is 1. The summed E-state index contributed by atoms with van der Waals surface area (Å²) in [5.74, 6) is 0.942. The smallest absolute Gasteiger partial charge is 0.269 e. The molecule has 0 aliphatic carbocycles. The molecule has 29 heavy (non-hydrogen) atoms. The SMILES string of the molecule is CC1(C)CC(NC(=O)c2ccc(Oc3ccc([N+](=O)[O-])cc3)cc2)CC(C)(C)N1. The van der Waals surface area contributed by atoms with Crippen LogP contribution in [0.4, 0.5) is 5.69 Å². The van der Waals surface area contributed by atoms with E-state index in [1.165, 1.54) is 12.1 Å². The quantitative estimate of drug-likeness (QED) is 0.575. The summed E-state index contributed by atoms with van der Waals surface area (Å²) in [4.78, 5) is 22.9. The van der Waals surface area contributed by atoms with E-state index in [-0.39, 0.29) is 28.7 Å². The molecule has 7 nitrogen and oxygen atoms in total. The predicted octanol–water partition coefficient (Wildman–Crippen LogP) is 4.43. The number of benzene rings is 2. The minimum absolute atomic E-state index is 0.00800. The molecule has 0 unspecified atom stereocenters. The number of nitrogens with zero attached hydrogens (tertiary/aromatic N) is 1. The van der Waals surface area contributed by atoms with Gasteiger partial charge in [-0.15, -0.1) is 0 Å². The first kappa shape index (κ1) is 20.8. The van der Waals surface area contributed by atoms with E-state index in [1.807, 2.05) is 0 Å². The Morgan fingerprint density at radius 1 is 1.00 bits per heavy atom. The zero-order chi connectivity index (χ0) is 21.2. The molecule has 1 amide bonds. The molecular formula is C22H27N3O4. The van der Waals surface area contributed by atoms with E-state index >= 15 is 0 Å². The average molecular weight is 397 g/mol. The van der Waals surface area contributed by atoms with Crippen molar-refractivity contribution in [3.8, 4) is 11.5 Å². The van der Waals surface area contributed by atoms with Gasteiger partial charge in [0.05, 0.1) is 4.92 Å². The van der Waals surface area contributed by atoms with E-state index in [0.29, 0.717) is 17.1 Å². The lowest BCUT2D eigenvalue weighted by atomic mass is 9.79. The number of nitrogens with one attached hydrogen (secondary N) is 2. The van der Waals surface area contributed by atoms with Crippen LogP contribution in [0.5, 0.6) is 11.5 Å². The summed E-state index contributed by atoms with van der Waals surface area (Å²) < 4.78 is 5.69. The van der Waals surface area contributed by atoms with Crippen molar-refractivity contribution in [3.63, 3.8) is 0 Å². The van der Waals surface area contributed by atoms with Crippen molar-refractivity contribution in [1.82, 2.24) is 10.6 Å². The van der Waals surface area contributed by atoms with Crippen molar-refractivity contribution in [2.75, 3.05) is 0 Å². The summed E-state index contributed by atoms with van der Waals surface area (Å²) in [7, 11) is 0. The summed E-state index contributed by atoms with van der Waals surface area (Å²) >= 11 is 0. The highest BCUT2D eigenvalue weighted by atomic mass is 16.6. The number of amides is 1. The maximum atomic E-state index is 12.7. The number of hydrogen-bond donors (Lipinski definition) is 2. The Morgan fingerprint density at radius 2 is 1.48 bits per heavy atom. The molecule has 7 heteroatoms. The number of ether oxygens (including phenoxy) is 1. The Hall–Kier alpha value is -2.93. The topological polar surface area (TPSA) is 93.5 Å². The predicted molar refractivity (Wildman–Crippen MR) is 111 cm³/mol. The van der Waals surface area contributed by atoms with E-state index in [4.69, 9.17) is 4.74 Å². The number of nitro benzene ring substituents is 1. The Kier molecular flexibility index (Phi) is 5.61. The molecule has 1 fully saturated rings. The van der Waals surface area contributed by atoms with Gasteiger partial charge >= 0.3 is 0 Å². The summed E-state index contributed by atoms with van der Waals surface area (Å²) in [5.41, 5.74) is 0.494. The second kappa shape index (κ2) is 7.83. The van der Waals surface area contributed by atoms with Crippen LogP contribution in [0.1, 0.15) is 50.9 Å². The molecule has 3 rings (SSSR count). The van der Waals surface area contributed by atoms with Crippen LogP contribution in [0.15, 0.2) is 48.5 Å². The van der Waals surface area contributed by atoms with Crippen LogP contribution in [0.2, 0.25) is 0 Å². The third-order valence-electron chi connectivity index (χ3n) is 4.93. The van der Waals surface area contributed by atoms with Gasteiger partial charge in [-0.2, -0.15) is 0 Å². The molecule has 2 aromatic carbocycles. The summed E-state index contributed by atoms with van der Waals surface area (Å²) in [6, 6.07) is 12.8. The summed E-state index contributed by atoms with van der Waals surface area (Å²) in [6.45, 7) is 8.60. The summed E-state index contributed by atoms with van der Waals surface area (Å²) in [6.07, 6.45) is 1.73. The zero-order valence-corrected chi connectivity index (χ0v) is 17.2. The van der Waals surface area contributed by atoms with E-state index in [0.717, 1.165) is 12.8 Å². The number of rotatable bonds is 5. The van der Waals surface area contributed by atoms with Gasteiger partial charge in [0.1, 0.15) is 11.5 Å². The van der Waals surface area contributed by atoms with Crippen LogP contribution in [-0.4, -0.2) is 28.0 Å². The first-order chi connectivity index (χ1) is 13.5. The maximum Gasteiger partial charge on any atom is 0.269 e. The molecule has 1 aliphatic rings. The molecule has 0 spiro atoms. The molecule has 1 aliphatic heterocycles. The molecule has 0 radical (unpaired) electrons. The third-order valence-corrected chi connectivity index (χ3v) is 4.93.